The third-order valence-electron chi connectivity index (χ3n) is 5.68. The van der Waals surface area contributed by atoms with E-state index in [-0.39, 0.29) is 10.8 Å². The van der Waals surface area contributed by atoms with Gasteiger partial charge in [0.2, 0.25) is 5.56 Å². The molecule has 0 amide bonds. The van der Waals surface area contributed by atoms with Gasteiger partial charge in [-0.3, -0.25) is 4.79 Å². The molecule has 0 saturated carbocycles. The van der Waals surface area contributed by atoms with Crippen LogP contribution in [0.4, 0.5) is 22.0 Å². The highest BCUT2D eigenvalue weighted by Gasteiger charge is 2.59. The van der Waals surface area contributed by atoms with E-state index in [1.807, 2.05) is 0 Å². The van der Waals surface area contributed by atoms with Gasteiger partial charge in [-0.15, -0.1) is 0 Å². The van der Waals surface area contributed by atoms with Gasteiger partial charge in [-0.1, -0.05) is 18.5 Å². The first-order valence-corrected chi connectivity index (χ1v) is 10.6. The van der Waals surface area contributed by atoms with Crippen LogP contribution in [0.3, 0.4) is 0 Å². The number of aliphatic hydroxyl groups is 1. The van der Waals surface area contributed by atoms with Crippen LogP contribution < -0.4 is 10.3 Å². The van der Waals surface area contributed by atoms with Crippen LogP contribution in [0.5, 0.6) is 11.5 Å². The molecule has 2 atom stereocenters. The van der Waals surface area contributed by atoms with Gasteiger partial charge in [0.25, 0.3) is 0 Å². The Hall–Kier alpha value is -3.44. The van der Waals surface area contributed by atoms with Crippen molar-refractivity contribution in [2.75, 3.05) is 7.11 Å². The normalized spacial score (nSPS) is 14.2. The number of benzene rings is 2. The molecule has 192 valence electrons. The van der Waals surface area contributed by atoms with E-state index in [1.54, 1.807) is 0 Å². The molecule has 1 heterocycles. The zero-order chi connectivity index (χ0) is 27.0. The van der Waals surface area contributed by atoms with Crippen molar-refractivity contribution >= 4 is 17.6 Å². The molecule has 0 aliphatic heterocycles. The molecule has 3 aromatic rings. The molecule has 0 aliphatic carbocycles. The second kappa shape index (κ2) is 9.90. The number of alkyl halides is 3. The Morgan fingerprint density at radius 1 is 1.08 bits per heavy atom. The Balaban J connectivity index is 2.02. The number of methoxy groups -OCH3 is 1. The van der Waals surface area contributed by atoms with Crippen molar-refractivity contribution in [3.63, 3.8) is 0 Å². The smallest absolute Gasteiger partial charge is 0.422 e. The maximum atomic E-state index is 14.9. The molecule has 0 radical (unpaired) electrons. The summed E-state index contributed by atoms with van der Waals surface area (Å²) in [7, 11) is 2.28. The van der Waals surface area contributed by atoms with Crippen LogP contribution in [-0.4, -0.2) is 28.9 Å². The van der Waals surface area contributed by atoms with E-state index in [4.69, 9.17) is 16.3 Å². The quantitative estimate of drug-likeness (QED) is 0.338. The number of esters is 1. The van der Waals surface area contributed by atoms with Crippen LogP contribution in [0, 0.1) is 11.6 Å². The van der Waals surface area contributed by atoms with Gasteiger partial charge in [-0.05, 0) is 29.8 Å². The van der Waals surface area contributed by atoms with E-state index in [9.17, 15) is 36.6 Å². The lowest BCUT2D eigenvalue weighted by atomic mass is 9.78. The molecule has 0 aliphatic rings. The fraction of sp³-hybridized carbons (Fsp3) is 0.250. The lowest BCUT2D eigenvalue weighted by Crippen LogP contribution is -2.47. The Bertz CT molecular complexity index is 1370. The SMILES string of the molecule is COC(=O)c1ccc(Oc2cc(Cl)c([C@H](C)[C@](O)(c3ccc(=O)n(C)c3)C(F)(F)F)cc2F)cc1F. The number of ether oxygens (including phenoxy) is 2. The topological polar surface area (TPSA) is 77.8 Å². The summed E-state index contributed by atoms with van der Waals surface area (Å²) in [6, 6.07) is 6.23. The zero-order valence-corrected chi connectivity index (χ0v) is 19.7. The Kier molecular flexibility index (Phi) is 7.47. The van der Waals surface area contributed by atoms with Gasteiger partial charge in [-0.25, -0.2) is 13.6 Å². The number of carbonyl (C=O) groups excluding carboxylic acids is 1. The molecule has 1 aromatic heterocycles. The van der Waals surface area contributed by atoms with Crippen LogP contribution >= 0.6 is 11.6 Å². The van der Waals surface area contributed by atoms with E-state index < -0.39 is 63.3 Å². The van der Waals surface area contributed by atoms with Crippen molar-refractivity contribution in [3.05, 3.63) is 92.4 Å². The molecular formula is C24H19ClF5NO5. The largest absolute Gasteiger partial charge is 0.465 e. The fourth-order valence-corrected chi connectivity index (χ4v) is 3.94. The Morgan fingerprint density at radius 2 is 1.75 bits per heavy atom. The number of aryl methyl sites for hydroxylation is 1. The van der Waals surface area contributed by atoms with E-state index in [0.29, 0.717) is 6.07 Å². The number of carbonyl (C=O) groups is 1. The summed E-state index contributed by atoms with van der Waals surface area (Å²) < 4.78 is 82.0. The highest BCUT2D eigenvalue weighted by molar-refractivity contribution is 6.31. The second-order valence-corrected chi connectivity index (χ2v) is 8.30. The van der Waals surface area contributed by atoms with Gasteiger partial charge in [-0.2, -0.15) is 13.2 Å². The number of aromatic nitrogens is 1. The number of pyridine rings is 1. The van der Waals surface area contributed by atoms with Crippen LogP contribution in [0.15, 0.2) is 53.5 Å². The van der Waals surface area contributed by atoms with Gasteiger partial charge in [0.05, 0.1) is 12.7 Å². The Labute approximate surface area is 206 Å². The molecule has 0 unspecified atom stereocenters. The number of nitrogens with zero attached hydrogens (tertiary/aromatic N) is 1. The van der Waals surface area contributed by atoms with E-state index in [1.165, 1.54) is 7.05 Å². The van der Waals surface area contributed by atoms with Crippen molar-refractivity contribution in [2.45, 2.75) is 24.6 Å². The van der Waals surface area contributed by atoms with Crippen LogP contribution in [0.1, 0.15) is 34.3 Å². The predicted molar refractivity (Wildman–Crippen MR) is 119 cm³/mol. The first kappa shape index (κ1) is 27.2. The van der Waals surface area contributed by atoms with Crippen molar-refractivity contribution in [1.29, 1.82) is 0 Å². The molecule has 0 saturated heterocycles. The van der Waals surface area contributed by atoms with Gasteiger partial charge in [0.1, 0.15) is 11.6 Å². The maximum Gasteiger partial charge on any atom is 0.422 e. The molecule has 0 fully saturated rings. The summed E-state index contributed by atoms with van der Waals surface area (Å²) in [6.45, 7) is 1.00. The molecule has 2 aromatic carbocycles. The number of hydrogen-bond donors (Lipinski definition) is 1. The van der Waals surface area contributed by atoms with E-state index in [0.717, 1.165) is 61.2 Å². The number of halogens is 6. The van der Waals surface area contributed by atoms with Crippen molar-refractivity contribution in [3.8, 4) is 11.5 Å². The monoisotopic (exact) mass is 531 g/mol. The summed E-state index contributed by atoms with van der Waals surface area (Å²) in [6.07, 6.45) is -4.40. The van der Waals surface area contributed by atoms with Crippen molar-refractivity contribution < 1.29 is 41.3 Å². The molecule has 1 N–H and O–H groups in total. The minimum atomic E-state index is -5.24. The van der Waals surface area contributed by atoms with E-state index in [2.05, 4.69) is 4.74 Å². The summed E-state index contributed by atoms with van der Waals surface area (Å²) >= 11 is 6.16. The van der Waals surface area contributed by atoms with Gasteiger partial charge in [0.15, 0.2) is 17.2 Å². The standard InChI is InChI=1S/C24H19ClF5NO5/c1-12(23(34,24(28,29)30)13-4-7-21(32)31(2)11-13)16-9-19(27)20(10-17(16)25)36-14-5-6-15(18(26)8-14)22(33)35-3/h4-12,34H,1-3H3/t12-,23-/m0/s1. The Morgan fingerprint density at radius 3 is 2.31 bits per heavy atom. The molecule has 3 rings (SSSR count). The molecule has 12 heteroatoms. The molecular weight excluding hydrogens is 513 g/mol. The molecule has 36 heavy (non-hydrogen) atoms. The minimum Gasteiger partial charge on any atom is -0.465 e. The third-order valence-corrected chi connectivity index (χ3v) is 6.00. The third kappa shape index (κ3) is 4.93. The highest BCUT2D eigenvalue weighted by Crippen LogP contribution is 2.50. The van der Waals surface area contributed by atoms with E-state index >= 15 is 0 Å². The van der Waals surface area contributed by atoms with Crippen molar-refractivity contribution in [1.82, 2.24) is 4.57 Å². The summed E-state index contributed by atoms with van der Waals surface area (Å²) in [5, 5.41) is 10.5. The van der Waals surface area contributed by atoms with Crippen LogP contribution in [0.25, 0.3) is 0 Å². The summed E-state index contributed by atoms with van der Waals surface area (Å²) in [4.78, 5) is 23.1. The maximum absolute atomic E-state index is 14.9. The number of hydrogen-bond acceptors (Lipinski definition) is 5. The average Bonchev–Trinajstić information content (AvgIpc) is 2.80. The van der Waals surface area contributed by atoms with Gasteiger partial charge < -0.3 is 19.1 Å². The summed E-state index contributed by atoms with van der Waals surface area (Å²) in [5.41, 5.74) is -5.58. The number of rotatable bonds is 6. The van der Waals surface area contributed by atoms with Crippen LogP contribution in [-0.2, 0) is 17.4 Å². The lowest BCUT2D eigenvalue weighted by molar-refractivity contribution is -0.274. The lowest BCUT2D eigenvalue weighted by Gasteiger charge is -2.37. The highest BCUT2D eigenvalue weighted by atomic mass is 35.5. The first-order valence-electron chi connectivity index (χ1n) is 10.2. The summed E-state index contributed by atoms with van der Waals surface area (Å²) in [5.74, 6) is -5.70. The fourth-order valence-electron chi connectivity index (χ4n) is 3.62. The zero-order valence-electron chi connectivity index (χ0n) is 19.0. The molecule has 6 nitrogen and oxygen atoms in total. The van der Waals surface area contributed by atoms with Gasteiger partial charge >= 0.3 is 12.1 Å². The van der Waals surface area contributed by atoms with Gasteiger partial charge in [0, 0.05) is 47.9 Å². The minimum absolute atomic E-state index is 0.229. The first-order chi connectivity index (χ1) is 16.7. The van der Waals surface area contributed by atoms with Crippen molar-refractivity contribution in [2.24, 2.45) is 7.05 Å². The molecule has 0 bridgehead atoms. The molecule has 0 spiro atoms. The second-order valence-electron chi connectivity index (χ2n) is 7.89. The predicted octanol–water partition coefficient (Wildman–Crippen LogP) is 5.45. The average molecular weight is 532 g/mol. The van der Waals surface area contributed by atoms with Crippen LogP contribution in [0.2, 0.25) is 5.02 Å².